The van der Waals surface area contributed by atoms with Gasteiger partial charge in [0.15, 0.2) is 0 Å². The van der Waals surface area contributed by atoms with Crippen molar-refractivity contribution in [3.05, 3.63) is 12.7 Å². The number of rotatable bonds is 4. The van der Waals surface area contributed by atoms with Gasteiger partial charge in [0.25, 0.3) is 0 Å². The molecule has 0 aromatic heterocycles. The molecule has 2 nitrogen and oxygen atoms in total. The van der Waals surface area contributed by atoms with Crippen molar-refractivity contribution in [2.75, 3.05) is 13.7 Å². The van der Waals surface area contributed by atoms with E-state index in [1.807, 2.05) is 41.7 Å². The number of aliphatic hydroxyl groups excluding tert-OH is 1. The lowest BCUT2D eigenvalue weighted by molar-refractivity contribution is -0.0728. The first-order valence-electron chi connectivity index (χ1n) is 12.9. The second-order valence-electron chi connectivity index (χ2n) is 9.85. The van der Waals surface area contributed by atoms with Crippen LogP contribution in [-0.2, 0) is 4.74 Å². The summed E-state index contributed by atoms with van der Waals surface area (Å²) in [5.41, 5.74) is 0.232. The zero-order chi connectivity index (χ0) is 21.6. The van der Waals surface area contributed by atoms with E-state index in [2.05, 4.69) is 12.7 Å². The minimum absolute atomic E-state index is 0.180. The first-order chi connectivity index (χ1) is 14.1. The van der Waals surface area contributed by atoms with Crippen LogP contribution in [0, 0.1) is 46.8 Å². The van der Waals surface area contributed by atoms with E-state index in [1.54, 1.807) is 0 Å². The number of fused-ring (bicyclic) bond motifs is 5. The first-order valence-corrected chi connectivity index (χ1v) is 12.9. The summed E-state index contributed by atoms with van der Waals surface area (Å²) in [5.74, 6) is 5.83. The number of ether oxygens (including phenoxy) is 1. The molecule has 4 saturated carbocycles. The molecular weight excluding hydrogens is 356 g/mol. The Morgan fingerprint density at radius 2 is 1.66 bits per heavy atom. The predicted octanol–water partition coefficient (Wildman–Crippen LogP) is 7.12. The van der Waals surface area contributed by atoms with Crippen molar-refractivity contribution in [1.82, 2.24) is 0 Å². The lowest BCUT2D eigenvalue weighted by Crippen LogP contribution is -2.50. The average molecular weight is 407 g/mol. The Balaban J connectivity index is 0.000000707. The molecule has 0 heterocycles. The molecule has 0 saturated heterocycles. The molecule has 1 N–H and O–H groups in total. The van der Waals surface area contributed by atoms with Crippen molar-refractivity contribution < 1.29 is 9.84 Å². The molecule has 0 aromatic carbocycles. The predicted molar refractivity (Wildman–Crippen MR) is 125 cm³/mol. The van der Waals surface area contributed by atoms with Crippen LogP contribution in [0.2, 0.25) is 0 Å². The molecule has 0 spiro atoms. The van der Waals surface area contributed by atoms with Gasteiger partial charge < -0.3 is 9.84 Å². The minimum atomic E-state index is -0.180. The van der Waals surface area contributed by atoms with Crippen LogP contribution in [0.1, 0.15) is 92.4 Å². The molecule has 0 bridgehead atoms. The molecule has 0 amide bonds. The van der Waals surface area contributed by atoms with Gasteiger partial charge in [-0.3, -0.25) is 0 Å². The molecule has 29 heavy (non-hydrogen) atoms. The van der Waals surface area contributed by atoms with Crippen molar-refractivity contribution in [1.29, 1.82) is 0 Å². The number of methoxy groups -OCH3 is 1. The Kier molecular flexibility index (Phi) is 9.74. The fraction of sp³-hybridized carbons (Fsp3) is 0.926. The first kappa shape index (κ1) is 24.9. The van der Waals surface area contributed by atoms with Crippen molar-refractivity contribution in [2.45, 2.75) is 98.5 Å². The molecular formula is C27H50O2. The molecule has 4 fully saturated rings. The summed E-state index contributed by atoms with van der Waals surface area (Å²) >= 11 is 0. The van der Waals surface area contributed by atoms with E-state index < -0.39 is 0 Å². The van der Waals surface area contributed by atoms with Crippen LogP contribution in [0.5, 0.6) is 0 Å². The van der Waals surface area contributed by atoms with Crippen LogP contribution in [-0.4, -0.2) is 24.9 Å². The summed E-state index contributed by atoms with van der Waals surface area (Å²) < 4.78 is 5.45. The van der Waals surface area contributed by atoms with E-state index in [9.17, 15) is 5.11 Å². The summed E-state index contributed by atoms with van der Waals surface area (Å²) in [5, 5.41) is 10.4. The number of hydrogen-bond donors (Lipinski definition) is 1. The summed E-state index contributed by atoms with van der Waals surface area (Å²) in [7, 11) is 1.86. The molecule has 4 aliphatic rings. The van der Waals surface area contributed by atoms with Crippen LogP contribution >= 0.6 is 0 Å². The topological polar surface area (TPSA) is 29.5 Å². The summed E-state index contributed by atoms with van der Waals surface area (Å²) in [6, 6.07) is 0. The van der Waals surface area contributed by atoms with Gasteiger partial charge in [-0.2, -0.15) is 0 Å². The van der Waals surface area contributed by atoms with Crippen molar-refractivity contribution in [3.63, 3.8) is 0 Å². The average Bonchev–Trinajstić information content (AvgIpc) is 3.17. The van der Waals surface area contributed by atoms with Crippen molar-refractivity contribution in [2.24, 2.45) is 46.8 Å². The van der Waals surface area contributed by atoms with Gasteiger partial charge in [-0.1, -0.05) is 33.8 Å². The Morgan fingerprint density at radius 3 is 2.28 bits per heavy atom. The van der Waals surface area contributed by atoms with E-state index in [4.69, 9.17) is 4.74 Å². The van der Waals surface area contributed by atoms with Gasteiger partial charge in [-0.05, 0) is 112 Å². The summed E-state index contributed by atoms with van der Waals surface area (Å²) in [6.45, 7) is 15.3. The fourth-order valence-corrected chi connectivity index (χ4v) is 8.20. The summed E-state index contributed by atoms with van der Waals surface area (Å²) in [4.78, 5) is 0. The minimum Gasteiger partial charge on any atom is -0.393 e. The van der Waals surface area contributed by atoms with Crippen LogP contribution in [0.4, 0.5) is 0 Å². The smallest absolute Gasteiger partial charge is 0.0548 e. The maximum atomic E-state index is 10.4. The Bertz CT molecular complexity index is 487. The standard InChI is InChI=1S/C23H38O2.2C2H6/c1-4-23-12-11-19-18-7-5-16(14-25-3)13-17(18)6-8-20(19)22(23)10-9-21(23)15(2)24;2*1-2/h4,15-22,24H,1,5-14H2,2-3H3;2*1-2H3. The second-order valence-corrected chi connectivity index (χ2v) is 9.85. The maximum Gasteiger partial charge on any atom is 0.0548 e. The SMILES string of the molecule is C=CC12CCC3C4CCC(COC)CC4CCC3C1CCC2C(C)O.CC.CC. The van der Waals surface area contributed by atoms with Crippen LogP contribution in [0.25, 0.3) is 0 Å². The van der Waals surface area contributed by atoms with Gasteiger partial charge in [0.05, 0.1) is 6.10 Å². The zero-order valence-electron chi connectivity index (χ0n) is 20.3. The van der Waals surface area contributed by atoms with Gasteiger partial charge in [0, 0.05) is 13.7 Å². The monoisotopic (exact) mass is 406 g/mol. The number of hydrogen-bond acceptors (Lipinski definition) is 2. The molecule has 170 valence electrons. The highest BCUT2D eigenvalue weighted by molar-refractivity contribution is 5.14. The lowest BCUT2D eigenvalue weighted by atomic mass is 9.48. The van der Waals surface area contributed by atoms with Gasteiger partial charge in [-0.15, -0.1) is 6.58 Å². The zero-order valence-corrected chi connectivity index (χ0v) is 20.3. The van der Waals surface area contributed by atoms with Gasteiger partial charge in [0.1, 0.15) is 0 Å². The van der Waals surface area contributed by atoms with Crippen LogP contribution in [0.15, 0.2) is 12.7 Å². The van der Waals surface area contributed by atoms with E-state index in [1.165, 1.54) is 57.8 Å². The molecule has 9 atom stereocenters. The van der Waals surface area contributed by atoms with E-state index in [0.717, 1.165) is 42.1 Å². The molecule has 4 aliphatic carbocycles. The molecule has 9 unspecified atom stereocenters. The second kappa shape index (κ2) is 11.3. The number of allylic oxidation sites excluding steroid dienone is 1. The number of aliphatic hydroxyl groups is 1. The Hall–Kier alpha value is -0.340. The normalized spacial score (nSPS) is 43.9. The quantitative estimate of drug-likeness (QED) is 0.504. The highest BCUT2D eigenvalue weighted by atomic mass is 16.5. The molecule has 2 heteroatoms. The van der Waals surface area contributed by atoms with E-state index in [0.29, 0.717) is 5.92 Å². The lowest BCUT2D eigenvalue weighted by Gasteiger charge is -2.56. The largest absolute Gasteiger partial charge is 0.393 e. The molecule has 0 aliphatic heterocycles. The van der Waals surface area contributed by atoms with Gasteiger partial charge in [-0.25, -0.2) is 0 Å². The van der Waals surface area contributed by atoms with Crippen molar-refractivity contribution >= 4 is 0 Å². The molecule has 0 aromatic rings. The van der Waals surface area contributed by atoms with E-state index in [-0.39, 0.29) is 11.5 Å². The van der Waals surface area contributed by atoms with Gasteiger partial charge in [0.2, 0.25) is 0 Å². The third kappa shape index (κ3) is 4.64. The third-order valence-electron chi connectivity index (χ3n) is 9.08. The highest BCUT2D eigenvalue weighted by Gasteiger charge is 2.58. The van der Waals surface area contributed by atoms with Crippen LogP contribution in [0.3, 0.4) is 0 Å². The fourth-order valence-electron chi connectivity index (χ4n) is 8.20. The highest BCUT2D eigenvalue weighted by Crippen LogP contribution is 2.65. The Morgan fingerprint density at radius 1 is 0.966 bits per heavy atom. The van der Waals surface area contributed by atoms with Gasteiger partial charge >= 0.3 is 0 Å². The van der Waals surface area contributed by atoms with E-state index >= 15 is 0 Å². The summed E-state index contributed by atoms with van der Waals surface area (Å²) in [6.07, 6.45) is 14.4. The maximum absolute atomic E-state index is 10.4. The third-order valence-corrected chi connectivity index (χ3v) is 9.08. The van der Waals surface area contributed by atoms with Crippen LogP contribution < -0.4 is 0 Å². The molecule has 0 radical (unpaired) electrons. The Labute approximate surface area is 181 Å². The molecule has 4 rings (SSSR count). The van der Waals surface area contributed by atoms with Crippen molar-refractivity contribution in [3.8, 4) is 0 Å².